The van der Waals surface area contributed by atoms with E-state index in [1.165, 1.54) is 0 Å². The Hall–Kier alpha value is -1.06. The minimum absolute atomic E-state index is 0.123. The fraction of sp³-hybridized carbons (Fsp3) is 0.538. The molecule has 1 aromatic carbocycles. The van der Waals surface area contributed by atoms with Crippen LogP contribution in [0.4, 0.5) is 0 Å². The van der Waals surface area contributed by atoms with E-state index in [2.05, 4.69) is 5.32 Å². The summed E-state index contributed by atoms with van der Waals surface area (Å²) in [6.45, 7) is 4.06. The van der Waals surface area contributed by atoms with E-state index in [1.807, 2.05) is 26.0 Å². The van der Waals surface area contributed by atoms with Crippen LogP contribution in [0.15, 0.2) is 18.2 Å². The largest absolute Gasteiger partial charge is 0.508 e. The number of aliphatic hydroxyl groups excluding tert-OH is 1. The summed E-state index contributed by atoms with van der Waals surface area (Å²) in [5.41, 5.74) is 2.08. The highest BCUT2D eigenvalue weighted by Crippen LogP contribution is 2.28. The molecular weight excluding hydrogens is 202 g/mol. The first-order valence-corrected chi connectivity index (χ1v) is 5.80. The van der Waals surface area contributed by atoms with Crippen molar-refractivity contribution in [3.63, 3.8) is 0 Å². The molecule has 3 N–H and O–H groups in total. The van der Waals surface area contributed by atoms with Gasteiger partial charge < -0.3 is 15.5 Å². The minimum Gasteiger partial charge on any atom is -0.508 e. The predicted octanol–water partition coefficient (Wildman–Crippen LogP) is 1.87. The molecule has 0 heterocycles. The van der Waals surface area contributed by atoms with Crippen molar-refractivity contribution in [3.05, 3.63) is 29.3 Å². The van der Waals surface area contributed by atoms with Gasteiger partial charge >= 0.3 is 0 Å². The van der Waals surface area contributed by atoms with E-state index in [0.29, 0.717) is 11.8 Å². The molecule has 0 saturated heterocycles. The van der Waals surface area contributed by atoms with Gasteiger partial charge in [0, 0.05) is 17.6 Å². The molecule has 0 aromatic heterocycles. The number of hydrogen-bond donors (Lipinski definition) is 3. The van der Waals surface area contributed by atoms with Gasteiger partial charge in [0.1, 0.15) is 5.75 Å². The standard InChI is InChI=1S/C13H19NO2/c1-8-3-4-13(16)12(5-8)9(2)14-10-6-11(15)7-10/h3-5,9-11,14-16H,6-7H2,1-2H3. The lowest BCUT2D eigenvalue weighted by atomic mass is 9.88. The van der Waals surface area contributed by atoms with E-state index in [-0.39, 0.29) is 12.1 Å². The summed E-state index contributed by atoms with van der Waals surface area (Å²) >= 11 is 0. The molecule has 0 spiro atoms. The average Bonchev–Trinajstić information content (AvgIpc) is 2.19. The summed E-state index contributed by atoms with van der Waals surface area (Å²) < 4.78 is 0. The third kappa shape index (κ3) is 2.36. The number of hydrogen-bond acceptors (Lipinski definition) is 3. The minimum atomic E-state index is -0.143. The van der Waals surface area contributed by atoms with Gasteiger partial charge in [0.2, 0.25) is 0 Å². The Morgan fingerprint density at radius 3 is 2.69 bits per heavy atom. The Balaban J connectivity index is 2.02. The van der Waals surface area contributed by atoms with Crippen molar-refractivity contribution < 1.29 is 10.2 Å². The van der Waals surface area contributed by atoms with Gasteiger partial charge in [-0.05, 0) is 32.8 Å². The van der Waals surface area contributed by atoms with Crippen molar-refractivity contribution in [2.24, 2.45) is 0 Å². The van der Waals surface area contributed by atoms with Crippen LogP contribution in [0, 0.1) is 6.92 Å². The topological polar surface area (TPSA) is 52.5 Å². The molecule has 2 rings (SSSR count). The first-order chi connectivity index (χ1) is 7.56. The summed E-state index contributed by atoms with van der Waals surface area (Å²) in [5.74, 6) is 0.338. The van der Waals surface area contributed by atoms with Gasteiger partial charge in [0.05, 0.1) is 6.10 Å². The van der Waals surface area contributed by atoms with Crippen LogP contribution >= 0.6 is 0 Å². The van der Waals surface area contributed by atoms with E-state index in [0.717, 1.165) is 24.0 Å². The molecule has 1 fully saturated rings. The van der Waals surface area contributed by atoms with Crippen LogP contribution in [0.1, 0.15) is 36.9 Å². The smallest absolute Gasteiger partial charge is 0.120 e. The Kier molecular flexibility index (Phi) is 3.17. The number of nitrogens with one attached hydrogen (secondary N) is 1. The molecule has 1 aromatic rings. The van der Waals surface area contributed by atoms with Crippen molar-refractivity contribution in [1.29, 1.82) is 0 Å². The zero-order valence-corrected chi connectivity index (χ0v) is 9.77. The number of benzene rings is 1. The zero-order valence-electron chi connectivity index (χ0n) is 9.77. The van der Waals surface area contributed by atoms with Gasteiger partial charge in [-0.2, -0.15) is 0 Å². The van der Waals surface area contributed by atoms with Crippen molar-refractivity contribution in [1.82, 2.24) is 5.32 Å². The van der Waals surface area contributed by atoms with Gasteiger partial charge in [-0.3, -0.25) is 0 Å². The average molecular weight is 221 g/mol. The molecule has 0 radical (unpaired) electrons. The van der Waals surface area contributed by atoms with Gasteiger partial charge in [-0.25, -0.2) is 0 Å². The highest BCUT2D eigenvalue weighted by Gasteiger charge is 2.28. The van der Waals surface area contributed by atoms with Crippen molar-refractivity contribution in [2.75, 3.05) is 0 Å². The SMILES string of the molecule is Cc1ccc(O)c(C(C)NC2CC(O)C2)c1. The molecule has 16 heavy (non-hydrogen) atoms. The number of aliphatic hydroxyl groups is 1. The van der Waals surface area contributed by atoms with Crippen LogP contribution in [0.3, 0.4) is 0 Å². The van der Waals surface area contributed by atoms with E-state index >= 15 is 0 Å². The summed E-state index contributed by atoms with van der Waals surface area (Å²) in [5, 5.41) is 22.4. The van der Waals surface area contributed by atoms with Gasteiger partial charge in [-0.15, -0.1) is 0 Å². The van der Waals surface area contributed by atoms with E-state index < -0.39 is 0 Å². The van der Waals surface area contributed by atoms with Gasteiger partial charge in [0.25, 0.3) is 0 Å². The molecule has 0 aliphatic heterocycles. The number of aromatic hydroxyl groups is 1. The molecule has 0 amide bonds. The molecular formula is C13H19NO2. The van der Waals surface area contributed by atoms with E-state index in [4.69, 9.17) is 0 Å². The molecule has 1 saturated carbocycles. The fourth-order valence-electron chi connectivity index (χ4n) is 2.19. The van der Waals surface area contributed by atoms with Crippen LogP contribution in [0.5, 0.6) is 5.75 Å². The lowest BCUT2D eigenvalue weighted by molar-refractivity contribution is 0.0585. The second-order valence-corrected chi connectivity index (χ2v) is 4.77. The third-order valence-corrected chi connectivity index (χ3v) is 3.25. The van der Waals surface area contributed by atoms with E-state index in [1.54, 1.807) is 6.07 Å². The summed E-state index contributed by atoms with van der Waals surface area (Å²) in [7, 11) is 0. The number of aryl methyl sites for hydroxylation is 1. The van der Waals surface area contributed by atoms with Crippen molar-refractivity contribution in [3.8, 4) is 5.75 Å². The fourth-order valence-corrected chi connectivity index (χ4v) is 2.19. The summed E-state index contributed by atoms with van der Waals surface area (Å²) in [6, 6.07) is 6.14. The summed E-state index contributed by atoms with van der Waals surface area (Å²) in [4.78, 5) is 0. The van der Waals surface area contributed by atoms with E-state index in [9.17, 15) is 10.2 Å². The highest BCUT2D eigenvalue weighted by atomic mass is 16.3. The third-order valence-electron chi connectivity index (χ3n) is 3.25. The van der Waals surface area contributed by atoms with Crippen LogP contribution in [-0.2, 0) is 0 Å². The maximum Gasteiger partial charge on any atom is 0.120 e. The molecule has 0 bridgehead atoms. The molecule has 1 aliphatic carbocycles. The van der Waals surface area contributed by atoms with Crippen LogP contribution in [-0.4, -0.2) is 22.4 Å². The maximum absolute atomic E-state index is 9.77. The van der Waals surface area contributed by atoms with Crippen LogP contribution in [0.2, 0.25) is 0 Å². The second kappa shape index (κ2) is 4.44. The number of phenolic OH excluding ortho intramolecular Hbond substituents is 1. The first kappa shape index (κ1) is 11.4. The zero-order chi connectivity index (χ0) is 11.7. The van der Waals surface area contributed by atoms with Gasteiger partial charge in [0.15, 0.2) is 0 Å². The molecule has 1 unspecified atom stereocenters. The Morgan fingerprint density at radius 1 is 1.38 bits per heavy atom. The van der Waals surface area contributed by atoms with Gasteiger partial charge in [-0.1, -0.05) is 17.7 Å². The number of phenols is 1. The Labute approximate surface area is 96.1 Å². The first-order valence-electron chi connectivity index (χ1n) is 5.80. The molecule has 3 nitrogen and oxygen atoms in total. The maximum atomic E-state index is 9.77. The predicted molar refractivity (Wildman–Crippen MR) is 63.4 cm³/mol. The number of rotatable bonds is 3. The Morgan fingerprint density at radius 2 is 2.06 bits per heavy atom. The summed E-state index contributed by atoms with van der Waals surface area (Å²) in [6.07, 6.45) is 1.49. The molecule has 3 heteroatoms. The second-order valence-electron chi connectivity index (χ2n) is 4.77. The Bertz CT molecular complexity index is 372. The van der Waals surface area contributed by atoms with Crippen LogP contribution < -0.4 is 5.32 Å². The lowest BCUT2D eigenvalue weighted by Gasteiger charge is -2.34. The normalized spacial score (nSPS) is 26.2. The van der Waals surface area contributed by atoms with Crippen LogP contribution in [0.25, 0.3) is 0 Å². The molecule has 88 valence electrons. The molecule has 1 aliphatic rings. The quantitative estimate of drug-likeness (QED) is 0.730. The lowest BCUT2D eigenvalue weighted by Crippen LogP contribution is -2.45. The van der Waals surface area contributed by atoms with Crippen molar-refractivity contribution in [2.45, 2.75) is 44.9 Å². The molecule has 1 atom stereocenters. The highest BCUT2D eigenvalue weighted by molar-refractivity contribution is 5.37. The van der Waals surface area contributed by atoms with Crippen molar-refractivity contribution >= 4 is 0 Å². The monoisotopic (exact) mass is 221 g/mol.